The Labute approximate surface area is 276 Å². The fourth-order valence-electron chi connectivity index (χ4n) is 2.54. The number of carbonyl (C=O) groups is 4. The summed E-state index contributed by atoms with van der Waals surface area (Å²) in [4.78, 5) is 47.1. The first-order valence-corrected chi connectivity index (χ1v) is 15.9. The van der Waals surface area contributed by atoms with Gasteiger partial charge < -0.3 is 37.9 Å². The second kappa shape index (κ2) is 31.7. The van der Waals surface area contributed by atoms with E-state index in [1.165, 1.54) is 12.5 Å². The van der Waals surface area contributed by atoms with Crippen LogP contribution in [0.1, 0.15) is 25.7 Å². The van der Waals surface area contributed by atoms with Gasteiger partial charge in [0.25, 0.3) is 0 Å². The van der Waals surface area contributed by atoms with Gasteiger partial charge in [0.1, 0.15) is 45.1 Å². The van der Waals surface area contributed by atoms with E-state index in [1.54, 1.807) is 0 Å². The molecular weight excluding hydrogens is 645 g/mol. The Kier molecular flexibility index (Phi) is 32.0. The topological polar surface area (TPSA) is 142 Å². The van der Waals surface area contributed by atoms with Crippen LogP contribution in [0, 0.1) is 5.41 Å². The van der Waals surface area contributed by atoms with E-state index in [4.69, 9.17) is 37.9 Å². The molecule has 0 aromatic heterocycles. The van der Waals surface area contributed by atoms with E-state index < -0.39 is 29.3 Å². The van der Waals surface area contributed by atoms with Crippen LogP contribution in [-0.2, 0) is 57.1 Å². The smallest absolute Gasteiger partial charge is 0.306 e. The molecule has 16 heteroatoms. The van der Waals surface area contributed by atoms with Crippen molar-refractivity contribution in [1.82, 2.24) is 0 Å². The molecule has 0 rings (SSSR count). The standard InChI is InChI=1S/C17H28O8S4.C10H18O4/c18-13(1-5-26)22-9-17(10-23-14(19)2-6-27,11-24-15(20)3-7-28)12-25-16(21)4-8-29;1-3-11-5-7-13-9-10-14-8-6-12-4-2/h26-29H,1-12H2;3-4H,1-2,5-10H2. The zero-order valence-corrected chi connectivity index (χ0v) is 28.1. The van der Waals surface area contributed by atoms with Gasteiger partial charge in [-0.2, -0.15) is 50.5 Å². The Balaban J connectivity index is 0. The van der Waals surface area contributed by atoms with Gasteiger partial charge in [-0.15, -0.1) is 0 Å². The Morgan fingerprint density at radius 3 is 0.977 bits per heavy atom. The number of thiol groups is 4. The molecule has 0 bridgehead atoms. The molecule has 43 heavy (non-hydrogen) atoms. The predicted octanol–water partition coefficient (Wildman–Crippen LogP) is 2.77. The van der Waals surface area contributed by atoms with Crippen molar-refractivity contribution in [2.45, 2.75) is 25.7 Å². The van der Waals surface area contributed by atoms with Crippen LogP contribution in [0.15, 0.2) is 25.7 Å². The molecule has 0 spiro atoms. The minimum atomic E-state index is -1.25. The number of carbonyl (C=O) groups excluding carboxylic acids is 4. The molecule has 0 radical (unpaired) electrons. The fourth-order valence-corrected chi connectivity index (χ4v) is 3.27. The van der Waals surface area contributed by atoms with Crippen LogP contribution in [-0.4, -0.2) is 113 Å². The van der Waals surface area contributed by atoms with Crippen molar-refractivity contribution >= 4 is 74.4 Å². The molecule has 0 aliphatic rings. The zero-order chi connectivity index (χ0) is 32.6. The Morgan fingerprint density at radius 2 is 0.744 bits per heavy atom. The molecule has 0 aromatic carbocycles. The third-order valence-corrected chi connectivity index (χ3v) is 5.61. The maximum atomic E-state index is 11.8. The minimum Gasteiger partial charge on any atom is -0.499 e. The van der Waals surface area contributed by atoms with Crippen molar-refractivity contribution in [3.8, 4) is 0 Å². The molecular formula is C27H46O12S4. The summed E-state index contributed by atoms with van der Waals surface area (Å²) < 4.78 is 41.0. The lowest BCUT2D eigenvalue weighted by Crippen LogP contribution is -2.44. The zero-order valence-electron chi connectivity index (χ0n) is 24.5. The maximum absolute atomic E-state index is 11.8. The summed E-state index contributed by atoms with van der Waals surface area (Å²) in [5, 5.41) is 0. The summed E-state index contributed by atoms with van der Waals surface area (Å²) in [6.07, 6.45) is 3.06. The monoisotopic (exact) mass is 690 g/mol. The lowest BCUT2D eigenvalue weighted by atomic mass is 9.92. The van der Waals surface area contributed by atoms with Crippen molar-refractivity contribution in [3.63, 3.8) is 0 Å². The van der Waals surface area contributed by atoms with E-state index >= 15 is 0 Å². The lowest BCUT2D eigenvalue weighted by Gasteiger charge is -2.31. The number of hydrogen-bond acceptors (Lipinski definition) is 16. The van der Waals surface area contributed by atoms with E-state index in [0.717, 1.165) is 0 Å². The SMILES string of the molecule is C=COCCOCCOCCOC=C.O=C(CCS)OCC(COC(=O)CCS)(COC(=O)CCS)COC(=O)CCS. The number of ether oxygens (including phenoxy) is 8. The molecule has 250 valence electrons. The highest BCUT2D eigenvalue weighted by molar-refractivity contribution is 7.80. The van der Waals surface area contributed by atoms with Gasteiger partial charge in [0.2, 0.25) is 0 Å². The molecule has 0 amide bonds. The van der Waals surface area contributed by atoms with Crippen LogP contribution in [0.2, 0.25) is 0 Å². The van der Waals surface area contributed by atoms with Gasteiger partial charge in [-0.05, 0) is 0 Å². The summed E-state index contributed by atoms with van der Waals surface area (Å²) in [5.74, 6) is -0.978. The maximum Gasteiger partial charge on any atom is 0.306 e. The van der Waals surface area contributed by atoms with Crippen LogP contribution in [0.5, 0.6) is 0 Å². The van der Waals surface area contributed by atoms with Gasteiger partial charge >= 0.3 is 23.9 Å². The molecule has 0 atom stereocenters. The molecule has 0 N–H and O–H groups in total. The van der Waals surface area contributed by atoms with Crippen molar-refractivity contribution < 1.29 is 57.1 Å². The quantitative estimate of drug-likeness (QED) is 0.0331. The molecule has 0 aliphatic heterocycles. The number of hydrogen-bond donors (Lipinski definition) is 4. The average Bonchev–Trinajstić information content (AvgIpc) is 2.98. The largest absolute Gasteiger partial charge is 0.499 e. The number of esters is 4. The third kappa shape index (κ3) is 28.8. The van der Waals surface area contributed by atoms with Crippen LogP contribution in [0.3, 0.4) is 0 Å². The van der Waals surface area contributed by atoms with Crippen LogP contribution in [0.4, 0.5) is 0 Å². The summed E-state index contributed by atoms with van der Waals surface area (Å²) in [7, 11) is 0. The third-order valence-electron chi connectivity index (χ3n) is 4.72. The van der Waals surface area contributed by atoms with Gasteiger partial charge in [-0.25, -0.2) is 0 Å². The van der Waals surface area contributed by atoms with Crippen molar-refractivity contribution in [2.75, 3.05) is 89.1 Å². The van der Waals surface area contributed by atoms with Crippen LogP contribution < -0.4 is 0 Å². The molecule has 12 nitrogen and oxygen atoms in total. The molecule has 0 unspecified atom stereocenters. The van der Waals surface area contributed by atoms with Crippen molar-refractivity contribution in [3.05, 3.63) is 25.7 Å². The normalized spacial score (nSPS) is 10.4. The summed E-state index contributed by atoms with van der Waals surface area (Å²) in [6, 6.07) is 0. The first kappa shape index (κ1) is 43.4. The first-order chi connectivity index (χ1) is 20.7. The minimum absolute atomic E-state index is 0.0670. The molecule has 0 aromatic rings. The summed E-state index contributed by atoms with van der Waals surface area (Å²) in [5.41, 5.74) is -1.25. The van der Waals surface area contributed by atoms with Crippen molar-refractivity contribution in [2.24, 2.45) is 5.41 Å². The van der Waals surface area contributed by atoms with E-state index in [2.05, 4.69) is 63.7 Å². The van der Waals surface area contributed by atoms with Crippen LogP contribution >= 0.6 is 50.5 Å². The van der Waals surface area contributed by atoms with E-state index in [0.29, 0.717) is 39.6 Å². The first-order valence-electron chi connectivity index (χ1n) is 13.4. The second-order valence-electron chi connectivity index (χ2n) is 8.34. The fraction of sp³-hybridized carbons (Fsp3) is 0.704. The lowest BCUT2D eigenvalue weighted by molar-refractivity contribution is -0.170. The average molecular weight is 691 g/mol. The van der Waals surface area contributed by atoms with Gasteiger partial charge in [-0.1, -0.05) is 13.2 Å². The Bertz CT molecular complexity index is 661. The molecule has 0 aliphatic carbocycles. The Hall–Kier alpha value is -1.72. The summed E-state index contributed by atoms with van der Waals surface area (Å²) >= 11 is 15.9. The van der Waals surface area contributed by atoms with E-state index in [9.17, 15) is 19.2 Å². The van der Waals surface area contributed by atoms with Gasteiger partial charge in [0, 0.05) is 23.0 Å². The molecule has 0 saturated heterocycles. The molecule has 0 saturated carbocycles. The van der Waals surface area contributed by atoms with Crippen molar-refractivity contribution in [1.29, 1.82) is 0 Å². The molecule has 0 fully saturated rings. The van der Waals surface area contributed by atoms with Gasteiger partial charge in [0.15, 0.2) is 0 Å². The number of rotatable bonds is 27. The predicted molar refractivity (Wildman–Crippen MR) is 174 cm³/mol. The Morgan fingerprint density at radius 1 is 0.488 bits per heavy atom. The van der Waals surface area contributed by atoms with E-state index in [-0.39, 0.29) is 75.1 Å². The van der Waals surface area contributed by atoms with Crippen LogP contribution in [0.25, 0.3) is 0 Å². The highest BCUT2D eigenvalue weighted by Gasteiger charge is 2.37. The van der Waals surface area contributed by atoms with E-state index in [1.807, 2.05) is 0 Å². The summed E-state index contributed by atoms with van der Waals surface area (Å²) in [6.45, 7) is 9.00. The highest BCUT2D eigenvalue weighted by Crippen LogP contribution is 2.22. The molecule has 0 heterocycles. The van der Waals surface area contributed by atoms with Gasteiger partial charge in [0.05, 0.1) is 64.6 Å². The van der Waals surface area contributed by atoms with Gasteiger partial charge in [-0.3, -0.25) is 19.2 Å². The highest BCUT2D eigenvalue weighted by atomic mass is 32.1. The second-order valence-corrected chi connectivity index (χ2v) is 10.1.